The topological polar surface area (TPSA) is 64.0 Å². The molecule has 1 aliphatic carbocycles. The maximum atomic E-state index is 12.5. The maximum absolute atomic E-state index is 12.5. The Hall–Kier alpha value is -1.34. The first-order chi connectivity index (χ1) is 12.1. The predicted molar refractivity (Wildman–Crippen MR) is 104 cm³/mol. The van der Waals surface area contributed by atoms with Gasteiger partial charge in [-0.1, -0.05) is 31.0 Å². The molecule has 0 bridgehead atoms. The molecule has 5 nitrogen and oxygen atoms in total. The summed E-state index contributed by atoms with van der Waals surface area (Å²) in [6.07, 6.45) is 6.31. The van der Waals surface area contributed by atoms with E-state index in [9.17, 15) is 9.59 Å². The molecule has 0 spiro atoms. The molecular formula is C18H25N3O2S2. The van der Waals surface area contributed by atoms with Gasteiger partial charge in [-0.05, 0) is 44.1 Å². The van der Waals surface area contributed by atoms with Gasteiger partial charge in [-0.25, -0.2) is 4.98 Å². The third-order valence-electron chi connectivity index (χ3n) is 4.79. The lowest BCUT2D eigenvalue weighted by Gasteiger charge is -2.22. The number of amides is 1. The van der Waals surface area contributed by atoms with Gasteiger partial charge in [0.1, 0.15) is 4.70 Å². The highest BCUT2D eigenvalue weighted by atomic mass is 32.2. The largest absolute Gasteiger partial charge is 0.355 e. The summed E-state index contributed by atoms with van der Waals surface area (Å²) >= 11 is 2.78. The fourth-order valence-corrected chi connectivity index (χ4v) is 5.06. The lowest BCUT2D eigenvalue weighted by Crippen LogP contribution is -2.35. The number of thioether (sulfide) groups is 1. The SMILES string of the molecule is CCn1c(SC(C)C(=O)NCC2CCCCC2)nc2ccsc2c1=O. The van der Waals surface area contributed by atoms with Gasteiger partial charge in [0.15, 0.2) is 5.16 Å². The number of fused-ring (bicyclic) bond motifs is 1. The van der Waals surface area contributed by atoms with Crippen LogP contribution in [0.3, 0.4) is 0 Å². The fourth-order valence-electron chi connectivity index (χ4n) is 3.28. The number of aromatic nitrogens is 2. The van der Waals surface area contributed by atoms with Crippen molar-refractivity contribution < 1.29 is 4.79 Å². The number of rotatable bonds is 6. The van der Waals surface area contributed by atoms with Crippen molar-refractivity contribution in [2.24, 2.45) is 5.92 Å². The molecule has 1 N–H and O–H groups in total. The molecule has 1 unspecified atom stereocenters. The molecule has 0 aliphatic heterocycles. The van der Waals surface area contributed by atoms with Crippen molar-refractivity contribution in [1.29, 1.82) is 0 Å². The van der Waals surface area contributed by atoms with Crippen LogP contribution < -0.4 is 10.9 Å². The zero-order chi connectivity index (χ0) is 17.8. The van der Waals surface area contributed by atoms with Crippen molar-refractivity contribution in [3.63, 3.8) is 0 Å². The number of thiophene rings is 1. The van der Waals surface area contributed by atoms with Gasteiger partial charge in [-0.2, -0.15) is 0 Å². The van der Waals surface area contributed by atoms with Crippen molar-refractivity contribution in [3.05, 3.63) is 21.8 Å². The molecule has 1 aliphatic rings. The molecule has 3 rings (SSSR count). The molecule has 136 valence electrons. The van der Waals surface area contributed by atoms with Gasteiger partial charge in [0.05, 0.1) is 10.8 Å². The Kier molecular flexibility index (Phi) is 6.17. The van der Waals surface area contributed by atoms with E-state index in [0.29, 0.717) is 22.3 Å². The molecule has 0 radical (unpaired) electrons. The second-order valence-electron chi connectivity index (χ2n) is 6.59. The van der Waals surface area contributed by atoms with Gasteiger partial charge in [0.2, 0.25) is 5.91 Å². The van der Waals surface area contributed by atoms with Gasteiger partial charge >= 0.3 is 0 Å². The van der Waals surface area contributed by atoms with Crippen LogP contribution in [-0.4, -0.2) is 27.3 Å². The molecule has 0 saturated heterocycles. The molecular weight excluding hydrogens is 354 g/mol. The number of carbonyl (C=O) groups excluding carboxylic acids is 1. The van der Waals surface area contributed by atoms with Crippen LogP contribution >= 0.6 is 23.1 Å². The van der Waals surface area contributed by atoms with E-state index >= 15 is 0 Å². The molecule has 1 fully saturated rings. The van der Waals surface area contributed by atoms with Crippen LogP contribution in [0.4, 0.5) is 0 Å². The Morgan fingerprint density at radius 2 is 2.20 bits per heavy atom. The first kappa shape index (κ1) is 18.5. The molecule has 2 aromatic heterocycles. The van der Waals surface area contributed by atoms with Crippen LogP contribution in [0.15, 0.2) is 21.4 Å². The number of hydrogen-bond acceptors (Lipinski definition) is 5. The maximum Gasteiger partial charge on any atom is 0.272 e. The van der Waals surface area contributed by atoms with Crippen LogP contribution in [0.1, 0.15) is 46.0 Å². The summed E-state index contributed by atoms with van der Waals surface area (Å²) in [6.45, 7) is 5.13. The monoisotopic (exact) mass is 379 g/mol. The van der Waals surface area contributed by atoms with E-state index in [2.05, 4.69) is 10.3 Å². The number of carbonyl (C=O) groups is 1. The van der Waals surface area contributed by atoms with E-state index in [1.54, 1.807) is 4.57 Å². The quantitative estimate of drug-likeness (QED) is 0.615. The third kappa shape index (κ3) is 4.26. The highest BCUT2D eigenvalue weighted by Crippen LogP contribution is 2.25. The average molecular weight is 380 g/mol. The van der Waals surface area contributed by atoms with E-state index in [1.165, 1.54) is 55.2 Å². The fraction of sp³-hybridized carbons (Fsp3) is 0.611. The van der Waals surface area contributed by atoms with Crippen molar-refractivity contribution >= 4 is 39.2 Å². The summed E-state index contributed by atoms with van der Waals surface area (Å²) in [5.74, 6) is 0.641. The first-order valence-corrected chi connectivity index (χ1v) is 10.8. The van der Waals surface area contributed by atoms with Crippen molar-refractivity contribution in [2.45, 2.75) is 62.9 Å². The second-order valence-corrected chi connectivity index (χ2v) is 8.81. The minimum atomic E-state index is -0.274. The van der Waals surface area contributed by atoms with Gasteiger partial charge in [-0.15, -0.1) is 11.3 Å². The highest BCUT2D eigenvalue weighted by Gasteiger charge is 2.21. The zero-order valence-electron chi connectivity index (χ0n) is 14.8. The number of nitrogens with one attached hydrogen (secondary N) is 1. The molecule has 25 heavy (non-hydrogen) atoms. The van der Waals surface area contributed by atoms with Crippen LogP contribution in [0.5, 0.6) is 0 Å². The van der Waals surface area contributed by atoms with Crippen LogP contribution in [0.25, 0.3) is 10.2 Å². The van der Waals surface area contributed by atoms with Gasteiger partial charge in [0, 0.05) is 13.1 Å². The Labute approximate surface area is 156 Å². The minimum absolute atomic E-state index is 0.0141. The Balaban J connectivity index is 1.67. The molecule has 1 atom stereocenters. The third-order valence-corrected chi connectivity index (χ3v) is 6.77. The van der Waals surface area contributed by atoms with E-state index in [4.69, 9.17) is 0 Å². The number of nitrogens with zero attached hydrogens (tertiary/aromatic N) is 2. The molecule has 1 amide bonds. The normalized spacial score (nSPS) is 16.9. The standard InChI is InChI=1S/C18H25N3O2S2/c1-3-21-17(23)15-14(9-10-24-15)20-18(21)25-12(2)16(22)19-11-13-7-5-4-6-8-13/h9-10,12-13H,3-8,11H2,1-2H3,(H,19,22). The van der Waals surface area contributed by atoms with Crippen molar-refractivity contribution in [1.82, 2.24) is 14.9 Å². The molecule has 0 aromatic carbocycles. The molecule has 7 heteroatoms. The molecule has 2 heterocycles. The van der Waals surface area contributed by atoms with Crippen molar-refractivity contribution in [3.8, 4) is 0 Å². The predicted octanol–water partition coefficient (Wildman–Crippen LogP) is 3.66. The van der Waals surface area contributed by atoms with Gasteiger partial charge < -0.3 is 5.32 Å². The highest BCUT2D eigenvalue weighted by molar-refractivity contribution is 8.00. The lowest BCUT2D eigenvalue weighted by atomic mass is 9.89. The van der Waals surface area contributed by atoms with Gasteiger partial charge in [0.25, 0.3) is 5.56 Å². The van der Waals surface area contributed by atoms with Crippen LogP contribution in [0, 0.1) is 5.92 Å². The molecule has 1 saturated carbocycles. The summed E-state index contributed by atoms with van der Waals surface area (Å²) in [6, 6.07) is 1.86. The van der Waals surface area contributed by atoms with E-state index in [1.807, 2.05) is 25.3 Å². The van der Waals surface area contributed by atoms with Crippen LogP contribution in [0.2, 0.25) is 0 Å². The molecule has 2 aromatic rings. The average Bonchev–Trinajstić information content (AvgIpc) is 3.09. The van der Waals surface area contributed by atoms with Gasteiger partial charge in [-0.3, -0.25) is 14.2 Å². The lowest BCUT2D eigenvalue weighted by molar-refractivity contribution is -0.120. The summed E-state index contributed by atoms with van der Waals surface area (Å²) in [5.41, 5.74) is 0.705. The first-order valence-electron chi connectivity index (χ1n) is 9.02. The Bertz CT molecular complexity index is 793. The second kappa shape index (κ2) is 8.36. The van der Waals surface area contributed by atoms with Crippen LogP contribution in [-0.2, 0) is 11.3 Å². The Morgan fingerprint density at radius 1 is 1.44 bits per heavy atom. The summed E-state index contributed by atoms with van der Waals surface area (Å²) in [7, 11) is 0. The van der Waals surface area contributed by atoms with E-state index in [-0.39, 0.29) is 16.7 Å². The van der Waals surface area contributed by atoms with Crippen molar-refractivity contribution in [2.75, 3.05) is 6.54 Å². The zero-order valence-corrected chi connectivity index (χ0v) is 16.4. The summed E-state index contributed by atoms with van der Waals surface area (Å²) in [5, 5.41) is 5.32. The number of hydrogen-bond donors (Lipinski definition) is 1. The summed E-state index contributed by atoms with van der Waals surface area (Å²) < 4.78 is 2.34. The smallest absolute Gasteiger partial charge is 0.272 e. The van der Waals surface area contributed by atoms with E-state index < -0.39 is 0 Å². The minimum Gasteiger partial charge on any atom is -0.355 e. The summed E-state index contributed by atoms with van der Waals surface area (Å²) in [4.78, 5) is 29.6. The Morgan fingerprint density at radius 3 is 2.92 bits per heavy atom. The van der Waals surface area contributed by atoms with E-state index in [0.717, 1.165) is 12.1 Å².